The summed E-state index contributed by atoms with van der Waals surface area (Å²) in [4.78, 5) is 18.9. The third-order valence-corrected chi connectivity index (χ3v) is 4.72. The van der Waals surface area contributed by atoms with E-state index in [0.717, 1.165) is 50.0 Å². The molecule has 1 saturated heterocycles. The molecule has 1 aliphatic rings. The highest BCUT2D eigenvalue weighted by molar-refractivity contribution is 5.78. The summed E-state index contributed by atoms with van der Waals surface area (Å²) >= 11 is 0. The second-order valence-electron chi connectivity index (χ2n) is 6.67. The molecule has 134 valence electrons. The van der Waals surface area contributed by atoms with E-state index >= 15 is 0 Å². The molecule has 0 radical (unpaired) electrons. The van der Waals surface area contributed by atoms with Gasteiger partial charge in [-0.05, 0) is 44.8 Å². The molecule has 0 bridgehead atoms. The maximum atomic E-state index is 12.0. The van der Waals surface area contributed by atoms with Crippen LogP contribution in [-0.4, -0.2) is 40.6 Å². The second kappa shape index (κ2) is 8.25. The molecule has 6 heteroatoms. The zero-order valence-corrected chi connectivity index (χ0v) is 15.0. The van der Waals surface area contributed by atoms with E-state index in [1.165, 1.54) is 0 Å². The molecule has 1 aliphatic heterocycles. The van der Waals surface area contributed by atoms with Crippen LogP contribution in [0, 0.1) is 12.8 Å². The first-order chi connectivity index (χ1) is 12.2. The average Bonchev–Trinajstić information content (AvgIpc) is 3.09. The van der Waals surface area contributed by atoms with E-state index in [0.29, 0.717) is 18.3 Å². The molecule has 1 fully saturated rings. The first-order valence-electron chi connectivity index (χ1n) is 9.06. The average molecular weight is 342 g/mol. The summed E-state index contributed by atoms with van der Waals surface area (Å²) in [5.41, 5.74) is 2.14. The minimum absolute atomic E-state index is 0.132. The summed E-state index contributed by atoms with van der Waals surface area (Å²) in [6, 6.07) is 8.03. The molecule has 0 atom stereocenters. The Morgan fingerprint density at radius 1 is 1.32 bits per heavy atom. The molecular formula is C19H26N4O2. The molecule has 1 N–H and O–H groups in total. The Morgan fingerprint density at radius 2 is 2.08 bits per heavy atom. The molecule has 25 heavy (non-hydrogen) atoms. The number of rotatable bonds is 6. The number of carbonyl (C=O) groups is 1. The fourth-order valence-corrected chi connectivity index (χ4v) is 3.19. The van der Waals surface area contributed by atoms with Gasteiger partial charge in [0.15, 0.2) is 0 Å². The van der Waals surface area contributed by atoms with Crippen molar-refractivity contribution in [2.45, 2.75) is 39.7 Å². The molecule has 1 aromatic heterocycles. The van der Waals surface area contributed by atoms with Crippen molar-refractivity contribution >= 4 is 5.91 Å². The number of nitrogens with zero attached hydrogens (tertiary/aromatic N) is 3. The lowest BCUT2D eigenvalue weighted by Crippen LogP contribution is -2.40. The molecule has 6 nitrogen and oxygen atoms in total. The van der Waals surface area contributed by atoms with Gasteiger partial charge < -0.3 is 9.84 Å². The first kappa shape index (κ1) is 17.6. The lowest BCUT2D eigenvalue weighted by atomic mass is 9.96. The van der Waals surface area contributed by atoms with Gasteiger partial charge in [0.2, 0.25) is 17.6 Å². The fourth-order valence-electron chi connectivity index (χ4n) is 3.19. The molecule has 1 amide bonds. The number of benzene rings is 1. The lowest BCUT2D eigenvalue weighted by Gasteiger charge is -2.30. The summed E-state index contributed by atoms with van der Waals surface area (Å²) in [5, 5.41) is 7.11. The van der Waals surface area contributed by atoms with Gasteiger partial charge in [0.05, 0.1) is 6.54 Å². The van der Waals surface area contributed by atoms with E-state index in [9.17, 15) is 4.79 Å². The summed E-state index contributed by atoms with van der Waals surface area (Å²) in [6.07, 6.45) is 2.74. The SMILES string of the molecule is CCCNC(=O)C1CCN(Cc2nc(-c3ccccc3C)no2)CC1. The molecule has 0 saturated carbocycles. The van der Waals surface area contributed by atoms with E-state index in [4.69, 9.17) is 4.52 Å². The number of likely N-dealkylation sites (tertiary alicyclic amines) is 1. The van der Waals surface area contributed by atoms with Crippen LogP contribution in [0.15, 0.2) is 28.8 Å². The molecule has 1 aromatic carbocycles. The first-order valence-corrected chi connectivity index (χ1v) is 9.06. The van der Waals surface area contributed by atoms with E-state index in [2.05, 4.69) is 27.3 Å². The van der Waals surface area contributed by atoms with Gasteiger partial charge in [-0.1, -0.05) is 36.3 Å². The molecule has 2 aromatic rings. The third-order valence-electron chi connectivity index (χ3n) is 4.72. The van der Waals surface area contributed by atoms with Crippen molar-refractivity contribution < 1.29 is 9.32 Å². The third kappa shape index (κ3) is 4.45. The van der Waals surface area contributed by atoms with Crippen molar-refractivity contribution in [3.05, 3.63) is 35.7 Å². The van der Waals surface area contributed by atoms with Crippen molar-refractivity contribution in [1.29, 1.82) is 0 Å². The maximum Gasteiger partial charge on any atom is 0.241 e. The van der Waals surface area contributed by atoms with E-state index in [1.54, 1.807) is 0 Å². The van der Waals surface area contributed by atoms with Crippen LogP contribution >= 0.6 is 0 Å². The highest BCUT2D eigenvalue weighted by Crippen LogP contribution is 2.22. The fraction of sp³-hybridized carbons (Fsp3) is 0.526. The quantitative estimate of drug-likeness (QED) is 0.874. The number of aryl methyl sites for hydroxylation is 1. The molecule has 0 aliphatic carbocycles. The van der Waals surface area contributed by atoms with Crippen molar-refractivity contribution in [3.8, 4) is 11.4 Å². The number of aromatic nitrogens is 2. The van der Waals surface area contributed by atoms with Crippen LogP contribution in [0.5, 0.6) is 0 Å². The Morgan fingerprint density at radius 3 is 2.80 bits per heavy atom. The predicted molar refractivity (Wildman–Crippen MR) is 95.8 cm³/mol. The van der Waals surface area contributed by atoms with Crippen LogP contribution in [0.2, 0.25) is 0 Å². The van der Waals surface area contributed by atoms with Crippen LogP contribution in [0.3, 0.4) is 0 Å². The van der Waals surface area contributed by atoms with Crippen LogP contribution in [0.4, 0.5) is 0 Å². The molecule has 2 heterocycles. The molecular weight excluding hydrogens is 316 g/mol. The number of nitrogens with one attached hydrogen (secondary N) is 1. The van der Waals surface area contributed by atoms with Gasteiger partial charge in [0, 0.05) is 18.0 Å². The zero-order chi connectivity index (χ0) is 17.6. The van der Waals surface area contributed by atoms with E-state index < -0.39 is 0 Å². The Hall–Kier alpha value is -2.21. The standard InChI is InChI=1S/C19H26N4O2/c1-3-10-20-19(24)15-8-11-23(12-9-15)13-17-21-18(22-25-17)16-7-5-4-6-14(16)2/h4-7,15H,3,8-13H2,1-2H3,(H,20,24). The van der Waals surface area contributed by atoms with Crippen LogP contribution in [0.1, 0.15) is 37.6 Å². The van der Waals surface area contributed by atoms with Crippen molar-refractivity contribution in [3.63, 3.8) is 0 Å². The predicted octanol–water partition coefficient (Wildman–Crippen LogP) is 2.78. The normalized spacial score (nSPS) is 16.1. The minimum Gasteiger partial charge on any atom is -0.356 e. The number of carbonyl (C=O) groups excluding carboxylic acids is 1. The maximum absolute atomic E-state index is 12.0. The Balaban J connectivity index is 1.53. The number of hydrogen-bond donors (Lipinski definition) is 1. The summed E-state index contributed by atoms with van der Waals surface area (Å²) < 4.78 is 5.42. The van der Waals surface area contributed by atoms with Crippen LogP contribution in [-0.2, 0) is 11.3 Å². The van der Waals surface area contributed by atoms with Crippen LogP contribution < -0.4 is 5.32 Å². The van der Waals surface area contributed by atoms with Crippen molar-refractivity contribution in [2.24, 2.45) is 5.92 Å². The zero-order valence-electron chi connectivity index (χ0n) is 15.0. The van der Waals surface area contributed by atoms with Gasteiger partial charge in [0.1, 0.15) is 0 Å². The van der Waals surface area contributed by atoms with E-state index in [1.807, 2.05) is 31.2 Å². The Kier molecular flexibility index (Phi) is 5.81. The summed E-state index contributed by atoms with van der Waals surface area (Å²) in [5.74, 6) is 1.60. The highest BCUT2D eigenvalue weighted by Gasteiger charge is 2.25. The molecule has 0 spiro atoms. The second-order valence-corrected chi connectivity index (χ2v) is 6.67. The van der Waals surface area contributed by atoms with Gasteiger partial charge in [0.25, 0.3) is 0 Å². The van der Waals surface area contributed by atoms with Gasteiger partial charge in [-0.15, -0.1) is 0 Å². The largest absolute Gasteiger partial charge is 0.356 e. The number of piperidine rings is 1. The van der Waals surface area contributed by atoms with E-state index in [-0.39, 0.29) is 11.8 Å². The van der Waals surface area contributed by atoms with Gasteiger partial charge in [-0.25, -0.2) is 0 Å². The minimum atomic E-state index is 0.132. The molecule has 0 unspecified atom stereocenters. The Bertz CT molecular complexity index is 705. The highest BCUT2D eigenvalue weighted by atomic mass is 16.5. The summed E-state index contributed by atoms with van der Waals surface area (Å²) in [6.45, 7) is 7.28. The van der Waals surface area contributed by atoms with Crippen molar-refractivity contribution in [1.82, 2.24) is 20.4 Å². The van der Waals surface area contributed by atoms with Gasteiger partial charge in [-0.3, -0.25) is 9.69 Å². The van der Waals surface area contributed by atoms with Gasteiger partial charge >= 0.3 is 0 Å². The topological polar surface area (TPSA) is 71.3 Å². The number of amides is 1. The Labute approximate surface area is 148 Å². The summed E-state index contributed by atoms with van der Waals surface area (Å²) in [7, 11) is 0. The smallest absolute Gasteiger partial charge is 0.241 e. The van der Waals surface area contributed by atoms with Gasteiger partial charge in [-0.2, -0.15) is 4.98 Å². The monoisotopic (exact) mass is 342 g/mol. The van der Waals surface area contributed by atoms with Crippen LogP contribution in [0.25, 0.3) is 11.4 Å². The lowest BCUT2D eigenvalue weighted by molar-refractivity contribution is -0.126. The molecule has 3 rings (SSSR count). The van der Waals surface area contributed by atoms with Crippen molar-refractivity contribution in [2.75, 3.05) is 19.6 Å². The number of hydrogen-bond acceptors (Lipinski definition) is 5.